The summed E-state index contributed by atoms with van der Waals surface area (Å²) in [5.74, 6) is 0. The van der Waals surface area contributed by atoms with Gasteiger partial charge in [-0.1, -0.05) is 19.5 Å². The van der Waals surface area contributed by atoms with Crippen LogP contribution in [-0.2, 0) is 0 Å². The van der Waals surface area contributed by atoms with Crippen LogP contribution in [0.5, 0.6) is 0 Å². The summed E-state index contributed by atoms with van der Waals surface area (Å²) >= 11 is 0. The Balaban J connectivity index is 3.42. The Morgan fingerprint density at radius 3 is 2.40 bits per heavy atom. The predicted molar refractivity (Wildman–Crippen MR) is 51.0 cm³/mol. The molecule has 60 valence electrons. The zero-order valence-electron chi connectivity index (χ0n) is 7.59. The van der Waals surface area contributed by atoms with Crippen molar-refractivity contribution in [3.05, 3.63) is 11.8 Å². The van der Waals surface area contributed by atoms with Crippen LogP contribution in [0.3, 0.4) is 0 Å². The van der Waals surface area contributed by atoms with Crippen LogP contribution >= 0.6 is 0 Å². The normalized spacial score (nSPS) is 14.9. The Morgan fingerprint density at radius 2 is 2.00 bits per heavy atom. The Hall–Kier alpha value is -0.0831. The molecule has 10 heavy (non-hydrogen) atoms. The lowest BCUT2D eigenvalue weighted by Gasteiger charge is -2.11. The topological polar surface area (TPSA) is 3.24 Å². The number of hydrogen-bond donors (Lipinski definition) is 0. The van der Waals surface area contributed by atoms with Gasteiger partial charge in [0.2, 0.25) is 0 Å². The zero-order valence-corrected chi connectivity index (χ0v) is 8.75. The number of nitrogens with zero attached hydrogens (tertiary/aromatic N) is 1. The minimum Gasteiger partial charge on any atom is -0.312 e. The molecule has 0 aliphatic carbocycles. The second-order valence-corrected chi connectivity index (χ2v) is 5.78. The van der Waals surface area contributed by atoms with Gasteiger partial charge >= 0.3 is 0 Å². The molecule has 0 rings (SSSR count). The fourth-order valence-corrected chi connectivity index (χ4v) is 3.02. The van der Waals surface area contributed by atoms with Crippen molar-refractivity contribution in [1.29, 1.82) is 0 Å². The summed E-state index contributed by atoms with van der Waals surface area (Å²) in [6, 6.07) is 0. The van der Waals surface area contributed by atoms with Gasteiger partial charge in [0.25, 0.3) is 0 Å². The number of rotatable bonds is 4. The fraction of sp³-hybridized carbons (Fsp3) is 0.750. The Bertz CT molecular complexity index is 99.4. The highest BCUT2D eigenvalue weighted by molar-refractivity contribution is 6.62. The first kappa shape index (κ1) is 9.92. The molecule has 2 heteroatoms. The second-order valence-electron chi connectivity index (χ2n) is 3.08. The molecule has 0 saturated carbocycles. The van der Waals surface area contributed by atoms with Crippen LogP contribution in [-0.4, -0.2) is 34.0 Å². The van der Waals surface area contributed by atoms with Crippen LogP contribution in [0.1, 0.15) is 13.3 Å². The van der Waals surface area contributed by atoms with Crippen molar-refractivity contribution in [2.75, 3.05) is 20.3 Å². The third kappa shape index (κ3) is 6.04. The van der Waals surface area contributed by atoms with Crippen molar-refractivity contribution in [2.45, 2.75) is 19.9 Å². The first-order valence-electron chi connectivity index (χ1n) is 3.98. The largest absolute Gasteiger partial charge is 0.312 e. The third-order valence-corrected chi connectivity index (χ3v) is 3.59. The average Bonchev–Trinajstić information content (AvgIpc) is 1.82. The van der Waals surface area contributed by atoms with Gasteiger partial charge in [-0.05, 0) is 26.7 Å². The maximum Gasteiger partial charge on any atom is 0.0731 e. The molecule has 1 unspecified atom stereocenters. The van der Waals surface area contributed by atoms with E-state index in [9.17, 15) is 0 Å². The van der Waals surface area contributed by atoms with Crippen molar-refractivity contribution < 1.29 is 0 Å². The minimum atomic E-state index is -0.532. The Kier molecular flexibility index (Phi) is 5.64. The van der Waals surface area contributed by atoms with Crippen LogP contribution in [0.15, 0.2) is 11.8 Å². The highest BCUT2D eigenvalue weighted by atomic mass is 28.3. The zero-order chi connectivity index (χ0) is 7.98. The van der Waals surface area contributed by atoms with E-state index < -0.39 is 8.80 Å². The van der Waals surface area contributed by atoms with E-state index in [1.807, 2.05) is 0 Å². The molecule has 1 nitrogen and oxygen atoms in total. The van der Waals surface area contributed by atoms with Crippen molar-refractivity contribution >= 4 is 8.80 Å². The molecule has 0 radical (unpaired) electrons. The third-order valence-electron chi connectivity index (χ3n) is 1.35. The van der Waals surface area contributed by atoms with Gasteiger partial charge in [0.05, 0.1) is 8.80 Å². The molecule has 0 aromatic carbocycles. The lowest BCUT2D eigenvalue weighted by molar-refractivity contribution is 0.475. The lowest BCUT2D eigenvalue weighted by Crippen LogP contribution is -2.25. The first-order valence-corrected chi connectivity index (χ1v) is 6.62. The standard InChI is InChI=1S/C8H19NSi/c1-5-6-7-10(4)8-9(2)3/h6-7,10H,5,8H2,1-4H3. The monoisotopic (exact) mass is 157 g/mol. The van der Waals surface area contributed by atoms with E-state index in [1.165, 1.54) is 12.6 Å². The van der Waals surface area contributed by atoms with Gasteiger partial charge in [0.15, 0.2) is 0 Å². The van der Waals surface area contributed by atoms with E-state index in [0.29, 0.717) is 0 Å². The smallest absolute Gasteiger partial charge is 0.0731 e. The van der Waals surface area contributed by atoms with Crippen molar-refractivity contribution in [2.24, 2.45) is 0 Å². The molecule has 0 N–H and O–H groups in total. The Labute approximate surface area is 66.3 Å². The molecule has 0 bridgehead atoms. The minimum absolute atomic E-state index is 0.532. The summed E-state index contributed by atoms with van der Waals surface area (Å²) in [5.41, 5.74) is 2.42. The molecule has 0 aromatic rings. The van der Waals surface area contributed by atoms with Gasteiger partial charge in [-0.2, -0.15) is 0 Å². The van der Waals surface area contributed by atoms with Crippen molar-refractivity contribution in [1.82, 2.24) is 4.90 Å². The quantitative estimate of drug-likeness (QED) is 0.558. The van der Waals surface area contributed by atoms with E-state index in [1.54, 1.807) is 0 Å². The first-order chi connectivity index (χ1) is 4.66. The highest BCUT2D eigenvalue weighted by Crippen LogP contribution is 1.88. The summed E-state index contributed by atoms with van der Waals surface area (Å²) in [7, 11) is 3.75. The van der Waals surface area contributed by atoms with Gasteiger partial charge < -0.3 is 4.90 Å². The highest BCUT2D eigenvalue weighted by Gasteiger charge is 1.98. The van der Waals surface area contributed by atoms with E-state index in [0.717, 1.165) is 0 Å². The molecule has 1 atom stereocenters. The SMILES string of the molecule is CCC=C[SiH](C)CN(C)C. The van der Waals surface area contributed by atoms with Gasteiger partial charge in [-0.3, -0.25) is 0 Å². The predicted octanol–water partition coefficient (Wildman–Crippen LogP) is 1.45. The number of allylic oxidation sites excluding steroid dienone is 1. The molecule has 0 heterocycles. The average molecular weight is 157 g/mol. The lowest BCUT2D eigenvalue weighted by atomic mass is 10.5. The van der Waals surface area contributed by atoms with E-state index in [-0.39, 0.29) is 0 Å². The molecule has 0 aliphatic heterocycles. The van der Waals surface area contributed by atoms with Crippen LogP contribution < -0.4 is 0 Å². The molecule has 0 aromatic heterocycles. The van der Waals surface area contributed by atoms with E-state index in [2.05, 4.69) is 44.2 Å². The van der Waals surface area contributed by atoms with Gasteiger partial charge in [0, 0.05) is 0 Å². The summed E-state index contributed by atoms with van der Waals surface area (Å²) in [6.45, 7) is 4.57. The molecule has 0 fully saturated rings. The van der Waals surface area contributed by atoms with Gasteiger partial charge in [-0.15, -0.1) is 5.70 Å². The maximum atomic E-state index is 2.42. The molecule has 0 amide bonds. The summed E-state index contributed by atoms with van der Waals surface area (Å²) < 4.78 is 0. The van der Waals surface area contributed by atoms with Crippen molar-refractivity contribution in [3.63, 3.8) is 0 Å². The van der Waals surface area contributed by atoms with Crippen LogP contribution in [0.2, 0.25) is 6.55 Å². The molecular weight excluding hydrogens is 138 g/mol. The van der Waals surface area contributed by atoms with Gasteiger partial charge in [0.1, 0.15) is 0 Å². The summed E-state index contributed by atoms with van der Waals surface area (Å²) in [6.07, 6.45) is 4.77. The fourth-order valence-electron chi connectivity index (χ4n) is 1.01. The molecule has 0 saturated heterocycles. The van der Waals surface area contributed by atoms with Crippen LogP contribution in [0, 0.1) is 0 Å². The van der Waals surface area contributed by atoms with Crippen LogP contribution in [0.25, 0.3) is 0 Å². The Morgan fingerprint density at radius 1 is 1.40 bits per heavy atom. The molecule has 0 aliphatic rings. The number of hydrogen-bond acceptors (Lipinski definition) is 1. The molecular formula is C8H19NSi. The van der Waals surface area contributed by atoms with Crippen LogP contribution in [0.4, 0.5) is 0 Å². The maximum absolute atomic E-state index is 2.42. The summed E-state index contributed by atoms with van der Waals surface area (Å²) in [5, 5.41) is 0. The van der Waals surface area contributed by atoms with E-state index in [4.69, 9.17) is 0 Å². The van der Waals surface area contributed by atoms with Gasteiger partial charge in [-0.25, -0.2) is 0 Å². The van der Waals surface area contributed by atoms with E-state index >= 15 is 0 Å². The molecule has 0 spiro atoms. The second kappa shape index (κ2) is 5.68. The summed E-state index contributed by atoms with van der Waals surface area (Å²) in [4.78, 5) is 2.27. The van der Waals surface area contributed by atoms with Crippen molar-refractivity contribution in [3.8, 4) is 0 Å².